The number of carbonyl (C=O) groups is 2. The summed E-state index contributed by atoms with van der Waals surface area (Å²) in [6.07, 6.45) is 2.02. The second-order valence-electron chi connectivity index (χ2n) is 5.87. The normalized spacial score (nSPS) is 13.9. The second kappa shape index (κ2) is 10.3. The van der Waals surface area contributed by atoms with Crippen molar-refractivity contribution in [3.05, 3.63) is 35.9 Å². The van der Waals surface area contributed by atoms with Gasteiger partial charge in [-0.3, -0.25) is 14.6 Å². The zero-order chi connectivity index (χ0) is 17.9. The fraction of sp³-hybridized carbons (Fsp3) is 0.500. The highest BCUT2D eigenvalue weighted by molar-refractivity contribution is 5.94. The summed E-state index contributed by atoms with van der Waals surface area (Å²) in [6.45, 7) is 4.86. The fourth-order valence-electron chi connectivity index (χ4n) is 2.23. The molecule has 0 unspecified atom stereocenters. The van der Waals surface area contributed by atoms with Gasteiger partial charge in [-0.1, -0.05) is 18.2 Å². The third-order valence-electron chi connectivity index (χ3n) is 3.71. The quantitative estimate of drug-likeness (QED) is 0.298. The van der Waals surface area contributed by atoms with Gasteiger partial charge < -0.3 is 21.3 Å². The summed E-state index contributed by atoms with van der Waals surface area (Å²) in [5, 5.41) is 12.0. The van der Waals surface area contributed by atoms with Gasteiger partial charge >= 0.3 is 0 Å². The lowest BCUT2D eigenvalue weighted by Gasteiger charge is -2.12. The van der Waals surface area contributed by atoms with Crippen LogP contribution in [0.3, 0.4) is 0 Å². The number of hydrogen-bond acceptors (Lipinski definition) is 3. The summed E-state index contributed by atoms with van der Waals surface area (Å²) in [4.78, 5) is 27.9. The predicted octanol–water partition coefficient (Wildman–Crippen LogP) is 0.498. The van der Waals surface area contributed by atoms with E-state index in [-0.39, 0.29) is 17.7 Å². The molecule has 1 aromatic carbocycles. The molecular formula is C18H27N5O2. The molecule has 0 bridgehead atoms. The maximum atomic E-state index is 11.9. The van der Waals surface area contributed by atoms with E-state index in [4.69, 9.17) is 0 Å². The average Bonchev–Trinajstić information content (AvgIpc) is 3.47. The molecule has 0 radical (unpaired) electrons. The van der Waals surface area contributed by atoms with Crippen molar-refractivity contribution in [3.63, 3.8) is 0 Å². The Morgan fingerprint density at radius 1 is 1.00 bits per heavy atom. The molecule has 0 spiro atoms. The number of guanidine groups is 1. The number of carbonyl (C=O) groups excluding carboxylic acids is 2. The Kier molecular flexibility index (Phi) is 7.75. The third-order valence-corrected chi connectivity index (χ3v) is 3.71. The molecule has 1 aliphatic carbocycles. The van der Waals surface area contributed by atoms with Crippen LogP contribution < -0.4 is 21.3 Å². The van der Waals surface area contributed by atoms with Crippen molar-refractivity contribution in [1.82, 2.24) is 21.3 Å². The van der Waals surface area contributed by atoms with E-state index in [0.29, 0.717) is 37.7 Å². The van der Waals surface area contributed by atoms with Crippen LogP contribution in [0.2, 0.25) is 0 Å². The van der Waals surface area contributed by atoms with Gasteiger partial charge in [-0.15, -0.1) is 0 Å². The molecule has 0 saturated heterocycles. The molecular weight excluding hydrogens is 318 g/mol. The second-order valence-corrected chi connectivity index (χ2v) is 5.87. The number of amides is 2. The van der Waals surface area contributed by atoms with Gasteiger partial charge in [-0.05, 0) is 31.9 Å². The van der Waals surface area contributed by atoms with Crippen LogP contribution in [0.15, 0.2) is 35.3 Å². The molecule has 2 rings (SSSR count). The maximum Gasteiger partial charge on any atom is 0.251 e. The number of benzene rings is 1. The molecule has 1 fully saturated rings. The number of nitrogens with one attached hydrogen (secondary N) is 4. The van der Waals surface area contributed by atoms with Crippen molar-refractivity contribution in [2.45, 2.75) is 19.8 Å². The zero-order valence-corrected chi connectivity index (χ0v) is 14.7. The van der Waals surface area contributed by atoms with E-state index in [1.807, 2.05) is 25.1 Å². The van der Waals surface area contributed by atoms with Gasteiger partial charge in [0.2, 0.25) is 5.91 Å². The summed E-state index contributed by atoms with van der Waals surface area (Å²) in [5.74, 6) is 0.949. The third kappa shape index (κ3) is 7.24. The van der Waals surface area contributed by atoms with Gasteiger partial charge in [-0.25, -0.2) is 0 Å². The molecule has 4 N–H and O–H groups in total. The van der Waals surface area contributed by atoms with Crippen LogP contribution in [0.5, 0.6) is 0 Å². The summed E-state index contributed by atoms with van der Waals surface area (Å²) in [5.41, 5.74) is 0.648. The van der Waals surface area contributed by atoms with Gasteiger partial charge in [0, 0.05) is 37.7 Å². The minimum absolute atomic E-state index is 0.0906. The lowest BCUT2D eigenvalue weighted by molar-refractivity contribution is -0.122. The first-order valence-electron chi connectivity index (χ1n) is 8.84. The van der Waals surface area contributed by atoms with Gasteiger partial charge in [0.25, 0.3) is 5.91 Å². The molecule has 1 saturated carbocycles. The Morgan fingerprint density at radius 3 is 2.40 bits per heavy atom. The number of aliphatic imine (C=N–C) groups is 1. The predicted molar refractivity (Wildman–Crippen MR) is 98.5 cm³/mol. The van der Waals surface area contributed by atoms with Gasteiger partial charge in [0.15, 0.2) is 5.96 Å². The molecule has 1 aromatic rings. The van der Waals surface area contributed by atoms with Gasteiger partial charge in [-0.2, -0.15) is 0 Å². The molecule has 25 heavy (non-hydrogen) atoms. The van der Waals surface area contributed by atoms with Crippen LogP contribution in [0.1, 0.15) is 30.1 Å². The molecule has 2 amide bonds. The smallest absolute Gasteiger partial charge is 0.251 e. The minimum atomic E-state index is -0.0906. The summed E-state index contributed by atoms with van der Waals surface area (Å²) >= 11 is 0. The summed E-state index contributed by atoms with van der Waals surface area (Å²) in [7, 11) is 0. The Balaban J connectivity index is 1.63. The van der Waals surface area contributed by atoms with E-state index < -0.39 is 0 Å². The van der Waals surface area contributed by atoms with Crippen molar-refractivity contribution < 1.29 is 9.59 Å². The van der Waals surface area contributed by atoms with Crippen LogP contribution >= 0.6 is 0 Å². The molecule has 0 aliphatic heterocycles. The Labute approximate surface area is 148 Å². The topological polar surface area (TPSA) is 94.6 Å². The molecule has 0 aromatic heterocycles. The molecule has 0 heterocycles. The average molecular weight is 345 g/mol. The molecule has 136 valence electrons. The summed E-state index contributed by atoms with van der Waals surface area (Å²) in [6, 6.07) is 9.12. The molecule has 0 atom stereocenters. The van der Waals surface area contributed by atoms with Crippen LogP contribution in [0, 0.1) is 5.92 Å². The van der Waals surface area contributed by atoms with Crippen LogP contribution in [0.4, 0.5) is 0 Å². The van der Waals surface area contributed by atoms with Crippen LogP contribution in [-0.2, 0) is 4.79 Å². The van der Waals surface area contributed by atoms with Gasteiger partial charge in [0.05, 0.1) is 6.54 Å². The minimum Gasteiger partial charge on any atom is -0.357 e. The molecule has 7 heteroatoms. The van der Waals surface area contributed by atoms with Crippen molar-refractivity contribution in [2.24, 2.45) is 10.9 Å². The highest BCUT2D eigenvalue weighted by atomic mass is 16.2. The van der Waals surface area contributed by atoms with Crippen LogP contribution in [0.25, 0.3) is 0 Å². The number of rotatable bonds is 9. The van der Waals surface area contributed by atoms with Crippen molar-refractivity contribution in [3.8, 4) is 0 Å². The first-order valence-corrected chi connectivity index (χ1v) is 8.84. The lowest BCUT2D eigenvalue weighted by Crippen LogP contribution is -2.42. The van der Waals surface area contributed by atoms with Crippen molar-refractivity contribution >= 4 is 17.8 Å². The largest absolute Gasteiger partial charge is 0.357 e. The Bertz CT molecular complexity index is 584. The van der Waals surface area contributed by atoms with Gasteiger partial charge in [0.1, 0.15) is 0 Å². The SMILES string of the molecule is CCNC(=NCCNC(=O)C1CC1)NCCNC(=O)c1ccccc1. The summed E-state index contributed by atoms with van der Waals surface area (Å²) < 4.78 is 0. The van der Waals surface area contributed by atoms with E-state index in [9.17, 15) is 9.59 Å². The highest BCUT2D eigenvalue weighted by Crippen LogP contribution is 2.28. The van der Waals surface area contributed by atoms with E-state index in [1.165, 1.54) is 0 Å². The monoisotopic (exact) mass is 345 g/mol. The first-order chi connectivity index (χ1) is 12.2. The van der Waals surface area contributed by atoms with Crippen LogP contribution in [-0.4, -0.2) is 50.5 Å². The van der Waals surface area contributed by atoms with E-state index in [2.05, 4.69) is 26.3 Å². The standard InChI is InChI=1S/C18H27N5O2/c1-2-19-18(23-13-11-21-17(25)15-8-9-15)22-12-10-20-16(24)14-6-4-3-5-7-14/h3-7,15H,2,8-13H2,1H3,(H,20,24)(H,21,25)(H2,19,22,23). The lowest BCUT2D eigenvalue weighted by atomic mass is 10.2. The first kappa shape index (κ1) is 18.8. The fourth-order valence-corrected chi connectivity index (χ4v) is 2.23. The zero-order valence-electron chi connectivity index (χ0n) is 14.7. The highest BCUT2D eigenvalue weighted by Gasteiger charge is 2.28. The van der Waals surface area contributed by atoms with E-state index >= 15 is 0 Å². The van der Waals surface area contributed by atoms with Crippen molar-refractivity contribution in [2.75, 3.05) is 32.7 Å². The maximum absolute atomic E-state index is 11.9. The van der Waals surface area contributed by atoms with Crippen molar-refractivity contribution in [1.29, 1.82) is 0 Å². The van der Waals surface area contributed by atoms with E-state index in [0.717, 1.165) is 19.4 Å². The molecule has 1 aliphatic rings. The molecule has 7 nitrogen and oxygen atoms in total. The van der Waals surface area contributed by atoms with E-state index in [1.54, 1.807) is 12.1 Å². The number of hydrogen-bond donors (Lipinski definition) is 4. The Hall–Kier alpha value is -2.57. The number of nitrogens with zero attached hydrogens (tertiary/aromatic N) is 1. The Morgan fingerprint density at radius 2 is 1.72 bits per heavy atom.